The van der Waals surface area contributed by atoms with Crippen LogP contribution in [0.5, 0.6) is 0 Å². The second kappa shape index (κ2) is 5.14. The van der Waals surface area contributed by atoms with Gasteiger partial charge >= 0.3 is 5.97 Å². The van der Waals surface area contributed by atoms with Crippen molar-refractivity contribution < 1.29 is 9.90 Å². The lowest BCUT2D eigenvalue weighted by Gasteiger charge is -2.42. The first-order chi connectivity index (χ1) is 8.19. The molecule has 0 bridgehead atoms. The Morgan fingerprint density at radius 3 is 2.39 bits per heavy atom. The zero-order valence-corrected chi connectivity index (χ0v) is 12.6. The van der Waals surface area contributed by atoms with Crippen molar-refractivity contribution in [1.29, 1.82) is 0 Å². The molecule has 0 aliphatic rings. The Kier molecular flexibility index (Phi) is 4.22. The molecule has 3 nitrogen and oxygen atoms in total. The minimum absolute atomic E-state index is 0.187. The van der Waals surface area contributed by atoms with Crippen LogP contribution in [0, 0.1) is 12.8 Å². The van der Waals surface area contributed by atoms with Gasteiger partial charge in [0.05, 0.1) is 5.56 Å². The summed E-state index contributed by atoms with van der Waals surface area (Å²) in [5.41, 5.74) is 1.80. The first-order valence-corrected chi connectivity index (χ1v) is 6.48. The molecule has 0 amide bonds. The molecule has 1 aromatic rings. The fourth-order valence-electron chi connectivity index (χ4n) is 1.67. The number of carboxylic acid groups (broad SMARTS) is 1. The van der Waals surface area contributed by atoms with Gasteiger partial charge in [0.15, 0.2) is 10.4 Å². The van der Waals surface area contributed by atoms with Crippen LogP contribution in [0.3, 0.4) is 0 Å². The maximum absolute atomic E-state index is 11.3. The average Bonchev–Trinajstić information content (AvgIpc) is 2.27. The molecule has 4 heteroatoms. The highest BCUT2D eigenvalue weighted by Crippen LogP contribution is 2.32. The van der Waals surface area contributed by atoms with E-state index in [9.17, 15) is 9.90 Å². The van der Waals surface area contributed by atoms with Gasteiger partial charge in [-0.25, -0.2) is 4.79 Å². The number of benzene rings is 1. The van der Waals surface area contributed by atoms with Gasteiger partial charge in [-0.05, 0) is 38.3 Å². The maximum Gasteiger partial charge on any atom is 0.337 e. The minimum atomic E-state index is -0.906. The molecule has 0 fully saturated rings. The van der Waals surface area contributed by atoms with E-state index in [0.29, 0.717) is 11.5 Å². The van der Waals surface area contributed by atoms with Gasteiger partial charge in [0.25, 0.3) is 0 Å². The van der Waals surface area contributed by atoms with E-state index >= 15 is 0 Å². The second-order valence-corrected chi connectivity index (χ2v) is 5.87. The molecular formula is C14H20NO2Si. The van der Waals surface area contributed by atoms with E-state index in [1.54, 1.807) is 12.1 Å². The molecule has 0 aliphatic heterocycles. The number of nitrogens with zero attached hydrogens (tertiary/aromatic N) is 1. The summed E-state index contributed by atoms with van der Waals surface area (Å²) in [5, 5.41) is 9.30. The lowest BCUT2D eigenvalue weighted by atomic mass is 9.89. The number of aryl methyl sites for hydroxylation is 1. The highest BCUT2D eigenvalue weighted by Gasteiger charge is 2.30. The average molecular weight is 262 g/mol. The van der Waals surface area contributed by atoms with Crippen molar-refractivity contribution in [3.8, 4) is 0 Å². The molecule has 18 heavy (non-hydrogen) atoms. The summed E-state index contributed by atoms with van der Waals surface area (Å²) in [5.74, 6) is -0.534. The van der Waals surface area contributed by atoms with Crippen molar-refractivity contribution in [2.24, 2.45) is 5.92 Å². The minimum Gasteiger partial charge on any atom is -0.478 e. The summed E-state index contributed by atoms with van der Waals surface area (Å²) in [6.45, 7) is 10.3. The molecule has 0 unspecified atom stereocenters. The number of para-hydroxylation sites is 1. The Balaban J connectivity index is 3.37. The molecule has 0 aliphatic carbocycles. The van der Waals surface area contributed by atoms with Gasteiger partial charge in [-0.15, -0.1) is 0 Å². The Bertz CT molecular complexity index is 455. The number of carboxylic acids is 1. The van der Waals surface area contributed by atoms with E-state index < -0.39 is 5.97 Å². The number of anilines is 1. The summed E-state index contributed by atoms with van der Waals surface area (Å²) in [6.07, 6.45) is 0. The number of hydrogen-bond acceptors (Lipinski definition) is 2. The Morgan fingerprint density at radius 2 is 1.94 bits per heavy atom. The zero-order valence-electron chi connectivity index (χ0n) is 11.6. The third kappa shape index (κ3) is 2.58. The molecule has 1 rings (SSSR count). The van der Waals surface area contributed by atoms with Crippen LogP contribution in [0.25, 0.3) is 0 Å². The van der Waals surface area contributed by atoms with Crippen LogP contribution in [0.4, 0.5) is 5.69 Å². The van der Waals surface area contributed by atoms with E-state index in [4.69, 9.17) is 0 Å². The lowest BCUT2D eigenvalue weighted by molar-refractivity contribution is 0.0697. The highest BCUT2D eigenvalue weighted by atomic mass is 28.2. The van der Waals surface area contributed by atoms with Crippen LogP contribution in [0.2, 0.25) is 0 Å². The highest BCUT2D eigenvalue weighted by molar-refractivity contribution is 6.20. The van der Waals surface area contributed by atoms with E-state index in [0.717, 1.165) is 11.3 Å². The maximum atomic E-state index is 11.3. The summed E-state index contributed by atoms with van der Waals surface area (Å²) in [6, 6.07) is 5.32. The van der Waals surface area contributed by atoms with Crippen molar-refractivity contribution in [3.63, 3.8) is 0 Å². The Hall–Kier alpha value is -1.29. The first-order valence-electron chi connectivity index (χ1n) is 6.04. The monoisotopic (exact) mass is 262 g/mol. The largest absolute Gasteiger partial charge is 0.478 e. The quantitative estimate of drug-likeness (QED) is 0.848. The summed E-state index contributed by atoms with van der Waals surface area (Å²) >= 11 is 0. The molecule has 97 valence electrons. The van der Waals surface area contributed by atoms with Crippen molar-refractivity contribution in [3.05, 3.63) is 29.3 Å². The van der Waals surface area contributed by atoms with Gasteiger partial charge in [0.2, 0.25) is 0 Å². The topological polar surface area (TPSA) is 40.5 Å². The Labute approximate surface area is 112 Å². The predicted octanol–water partition coefficient (Wildman–Crippen LogP) is 3.02. The van der Waals surface area contributed by atoms with Gasteiger partial charge in [-0.2, -0.15) is 0 Å². The van der Waals surface area contributed by atoms with Crippen LogP contribution < -0.4 is 4.57 Å². The van der Waals surface area contributed by atoms with Crippen LogP contribution in [-0.4, -0.2) is 27.0 Å². The van der Waals surface area contributed by atoms with Crippen molar-refractivity contribution in [2.75, 3.05) is 4.57 Å². The van der Waals surface area contributed by atoms with Crippen LogP contribution >= 0.6 is 0 Å². The number of carbonyl (C=O) groups is 1. The summed E-state index contributed by atoms with van der Waals surface area (Å²) in [4.78, 5) is 11.3. The van der Waals surface area contributed by atoms with E-state index in [-0.39, 0.29) is 5.54 Å². The van der Waals surface area contributed by atoms with Crippen LogP contribution in [-0.2, 0) is 0 Å². The third-order valence-corrected chi connectivity index (χ3v) is 4.48. The molecule has 0 saturated carbocycles. The van der Waals surface area contributed by atoms with Crippen molar-refractivity contribution in [2.45, 2.75) is 40.2 Å². The van der Waals surface area contributed by atoms with Crippen LogP contribution in [0.1, 0.15) is 43.6 Å². The molecule has 0 heterocycles. The standard InChI is InChI=1S/C14H20NO2Si/c1-9(2)14(4,5)15(18)12-10(3)7-6-8-11(12)13(16)17/h6-9H,1-5H3,(H,16,17). The zero-order chi connectivity index (χ0) is 14.1. The van der Waals surface area contributed by atoms with Gasteiger partial charge in [-0.1, -0.05) is 26.0 Å². The number of hydrogen-bond donors (Lipinski definition) is 1. The molecule has 0 saturated heterocycles. The third-order valence-electron chi connectivity index (χ3n) is 3.68. The normalized spacial score (nSPS) is 11.7. The summed E-state index contributed by atoms with van der Waals surface area (Å²) in [7, 11) is 3.61. The van der Waals surface area contributed by atoms with E-state index in [1.165, 1.54) is 0 Å². The van der Waals surface area contributed by atoms with Gasteiger partial charge < -0.3 is 9.67 Å². The second-order valence-electron chi connectivity index (χ2n) is 5.42. The molecule has 1 N–H and O–H groups in total. The van der Waals surface area contributed by atoms with Crippen molar-refractivity contribution in [1.82, 2.24) is 0 Å². The smallest absolute Gasteiger partial charge is 0.337 e. The molecule has 0 atom stereocenters. The fourth-order valence-corrected chi connectivity index (χ4v) is 2.23. The summed E-state index contributed by atoms with van der Waals surface area (Å²) < 4.78 is 1.89. The van der Waals surface area contributed by atoms with Crippen molar-refractivity contribution >= 4 is 22.1 Å². The number of aromatic carboxylic acids is 1. The van der Waals surface area contributed by atoms with E-state index in [2.05, 4.69) is 38.1 Å². The fraction of sp³-hybridized carbons (Fsp3) is 0.500. The molecule has 3 radical (unpaired) electrons. The predicted molar refractivity (Wildman–Crippen MR) is 75.3 cm³/mol. The SMILES string of the molecule is Cc1cccc(C(=O)O)c1N([Si])C(C)(C)C(C)C. The van der Waals surface area contributed by atoms with Crippen LogP contribution in [0.15, 0.2) is 18.2 Å². The molecule has 0 spiro atoms. The Morgan fingerprint density at radius 1 is 1.39 bits per heavy atom. The lowest BCUT2D eigenvalue weighted by Crippen LogP contribution is -2.47. The molecule has 1 aromatic carbocycles. The number of rotatable bonds is 4. The van der Waals surface area contributed by atoms with Gasteiger partial charge in [0, 0.05) is 11.2 Å². The van der Waals surface area contributed by atoms with Gasteiger partial charge in [-0.3, -0.25) is 0 Å². The molecule has 0 aromatic heterocycles. The first kappa shape index (κ1) is 14.8. The van der Waals surface area contributed by atoms with Gasteiger partial charge in [0.1, 0.15) is 0 Å². The van der Waals surface area contributed by atoms with E-state index in [1.807, 2.05) is 17.6 Å². The molecular weight excluding hydrogens is 242 g/mol.